The molecular weight excluding hydrogens is 281 g/mol. The van der Waals surface area contributed by atoms with Gasteiger partial charge in [-0.15, -0.1) is 0 Å². The summed E-state index contributed by atoms with van der Waals surface area (Å²) in [5, 5.41) is 5.87. The number of halogens is 3. The lowest BCUT2D eigenvalue weighted by molar-refractivity contribution is -0.142. The highest BCUT2D eigenvalue weighted by Crippen LogP contribution is 2.31. The van der Waals surface area contributed by atoms with Crippen LogP contribution in [-0.2, 0) is 12.6 Å². The number of thiocarbonyl (C=S) groups is 1. The van der Waals surface area contributed by atoms with Crippen molar-refractivity contribution in [1.29, 1.82) is 0 Å². The number of nitrogens with zero attached hydrogens (tertiary/aromatic N) is 1. The number of aryl methyl sites for hydroxylation is 1. The summed E-state index contributed by atoms with van der Waals surface area (Å²) in [6.07, 6.45) is -3.10. The predicted octanol–water partition coefficient (Wildman–Crippen LogP) is 1.39. The second-order valence-electron chi connectivity index (χ2n) is 3.84. The molecule has 1 aromatic heterocycles. The quantitative estimate of drug-likeness (QED) is 0.563. The first-order valence-corrected chi connectivity index (χ1v) is 5.98. The van der Waals surface area contributed by atoms with E-state index in [0.717, 1.165) is 6.39 Å². The number of rotatable bonds is 5. The molecule has 0 bridgehead atoms. The Labute approximate surface area is 113 Å². The Kier molecular flexibility index (Phi) is 5.55. The summed E-state index contributed by atoms with van der Waals surface area (Å²) in [6, 6.07) is 0. The zero-order valence-electron chi connectivity index (χ0n) is 10.3. The van der Waals surface area contributed by atoms with Gasteiger partial charge in [0.05, 0.1) is 6.17 Å². The Morgan fingerprint density at radius 1 is 1.58 bits per heavy atom. The molecule has 0 spiro atoms. The zero-order chi connectivity index (χ0) is 14.5. The predicted molar refractivity (Wildman–Crippen MR) is 67.2 cm³/mol. The average Bonchev–Trinajstić information content (AvgIpc) is 2.76. The second kappa shape index (κ2) is 6.71. The van der Waals surface area contributed by atoms with E-state index >= 15 is 0 Å². The maximum Gasteiger partial charge on any atom is 0.436 e. The molecule has 1 heterocycles. The first kappa shape index (κ1) is 15.7. The van der Waals surface area contributed by atoms with E-state index in [-0.39, 0.29) is 12.2 Å². The molecule has 4 N–H and O–H groups in total. The van der Waals surface area contributed by atoms with Crippen molar-refractivity contribution < 1.29 is 17.6 Å². The highest BCUT2D eigenvalue weighted by molar-refractivity contribution is 7.80. The molecule has 9 heteroatoms. The number of nitrogens with two attached hydrogens (primary N) is 1. The number of nitrogens with one attached hydrogen (secondary N) is 2. The summed E-state index contributed by atoms with van der Waals surface area (Å²) in [5.41, 5.74) is 4.73. The second-order valence-corrected chi connectivity index (χ2v) is 4.25. The van der Waals surface area contributed by atoms with Crippen molar-refractivity contribution in [1.82, 2.24) is 15.6 Å². The molecule has 0 radical (unpaired) electrons. The third-order valence-corrected chi connectivity index (χ3v) is 2.69. The van der Waals surface area contributed by atoms with Crippen LogP contribution in [0.15, 0.2) is 10.8 Å². The highest BCUT2D eigenvalue weighted by Gasteiger charge is 2.37. The lowest BCUT2D eigenvalue weighted by Gasteiger charge is -2.15. The van der Waals surface area contributed by atoms with Crippen LogP contribution in [0.3, 0.4) is 0 Å². The first-order valence-electron chi connectivity index (χ1n) is 5.58. The Morgan fingerprint density at radius 3 is 2.84 bits per heavy atom. The molecule has 19 heavy (non-hydrogen) atoms. The Hall–Kier alpha value is -1.35. The van der Waals surface area contributed by atoms with Gasteiger partial charge in [-0.3, -0.25) is 0 Å². The van der Waals surface area contributed by atoms with Gasteiger partial charge in [-0.25, -0.2) is 4.98 Å². The van der Waals surface area contributed by atoms with Crippen molar-refractivity contribution in [2.75, 3.05) is 7.05 Å². The minimum absolute atomic E-state index is 0.122. The molecule has 0 aliphatic rings. The minimum Gasteiger partial charge on any atom is -0.448 e. The normalized spacial score (nSPS) is 13.1. The van der Waals surface area contributed by atoms with Gasteiger partial charge in [0.15, 0.2) is 17.2 Å². The third kappa shape index (κ3) is 5.03. The van der Waals surface area contributed by atoms with E-state index in [1.807, 2.05) is 0 Å². The summed E-state index contributed by atoms with van der Waals surface area (Å²) in [4.78, 5) is 3.18. The molecule has 0 amide bonds. The van der Waals surface area contributed by atoms with Gasteiger partial charge in [0, 0.05) is 13.5 Å². The van der Waals surface area contributed by atoms with Crippen LogP contribution in [0.25, 0.3) is 0 Å². The van der Waals surface area contributed by atoms with Gasteiger partial charge in [-0.05, 0) is 25.1 Å². The fraction of sp³-hybridized carbons (Fsp3) is 0.600. The molecule has 1 atom stereocenters. The summed E-state index contributed by atoms with van der Waals surface area (Å²) >= 11 is 4.85. The van der Waals surface area contributed by atoms with Crippen LogP contribution >= 0.6 is 12.2 Å². The number of aromatic nitrogens is 1. The summed E-state index contributed by atoms with van der Waals surface area (Å²) < 4.78 is 42.2. The third-order valence-electron chi connectivity index (χ3n) is 2.37. The zero-order valence-corrected chi connectivity index (χ0v) is 11.1. The van der Waals surface area contributed by atoms with Crippen molar-refractivity contribution in [2.24, 2.45) is 5.73 Å². The molecule has 1 aromatic rings. The molecule has 1 rings (SSSR count). The van der Waals surface area contributed by atoms with E-state index < -0.39 is 18.0 Å². The monoisotopic (exact) mass is 296 g/mol. The summed E-state index contributed by atoms with van der Waals surface area (Å²) in [6.45, 7) is 0. The Balaban J connectivity index is 2.42. The molecule has 0 aromatic carbocycles. The molecule has 108 valence electrons. The fourth-order valence-corrected chi connectivity index (χ4v) is 1.63. The van der Waals surface area contributed by atoms with E-state index in [4.69, 9.17) is 22.4 Å². The molecule has 5 nitrogen and oxygen atoms in total. The van der Waals surface area contributed by atoms with Crippen molar-refractivity contribution in [3.63, 3.8) is 0 Å². The minimum atomic E-state index is -4.49. The van der Waals surface area contributed by atoms with Crippen LogP contribution < -0.4 is 16.4 Å². The Morgan fingerprint density at radius 2 is 2.26 bits per heavy atom. The van der Waals surface area contributed by atoms with Gasteiger partial charge in [-0.2, -0.15) is 13.2 Å². The SMILES string of the molecule is CNC(=S)NC(N)CCCc1ocnc1C(F)(F)F. The molecule has 0 saturated carbocycles. The molecule has 0 fully saturated rings. The van der Waals surface area contributed by atoms with Crippen LogP contribution in [0.2, 0.25) is 0 Å². The highest BCUT2D eigenvalue weighted by atomic mass is 32.1. The van der Waals surface area contributed by atoms with Crippen LogP contribution in [0.5, 0.6) is 0 Å². The molecule has 0 aliphatic heterocycles. The van der Waals surface area contributed by atoms with Gasteiger partial charge in [0.25, 0.3) is 0 Å². The van der Waals surface area contributed by atoms with E-state index in [1.54, 1.807) is 7.05 Å². The van der Waals surface area contributed by atoms with Gasteiger partial charge in [0.1, 0.15) is 5.76 Å². The van der Waals surface area contributed by atoms with E-state index in [1.165, 1.54) is 0 Å². The maximum atomic E-state index is 12.5. The van der Waals surface area contributed by atoms with Crippen LogP contribution in [0, 0.1) is 0 Å². The largest absolute Gasteiger partial charge is 0.448 e. The summed E-state index contributed by atoms with van der Waals surface area (Å²) in [7, 11) is 1.65. The van der Waals surface area contributed by atoms with Gasteiger partial charge in [0.2, 0.25) is 0 Å². The lowest BCUT2D eigenvalue weighted by Crippen LogP contribution is -2.45. The van der Waals surface area contributed by atoms with Crippen LogP contribution in [0.4, 0.5) is 13.2 Å². The first-order chi connectivity index (χ1) is 8.84. The van der Waals surface area contributed by atoms with E-state index in [2.05, 4.69) is 15.6 Å². The van der Waals surface area contributed by atoms with Crippen LogP contribution in [-0.4, -0.2) is 23.3 Å². The van der Waals surface area contributed by atoms with Crippen molar-refractivity contribution in [3.8, 4) is 0 Å². The standard InChI is InChI=1S/C10H15F3N4OS/c1-15-9(19)17-7(14)4-2-3-6-8(10(11,12)13)16-5-18-6/h5,7H,2-4,14H2,1H3,(H2,15,17,19). The molecular formula is C10H15F3N4OS. The average molecular weight is 296 g/mol. The van der Waals surface area contributed by atoms with Gasteiger partial charge < -0.3 is 20.8 Å². The van der Waals surface area contributed by atoms with Gasteiger partial charge >= 0.3 is 6.18 Å². The van der Waals surface area contributed by atoms with Crippen molar-refractivity contribution in [2.45, 2.75) is 31.6 Å². The van der Waals surface area contributed by atoms with Crippen molar-refractivity contribution >= 4 is 17.3 Å². The molecule has 1 unspecified atom stereocenters. The van der Waals surface area contributed by atoms with E-state index in [0.29, 0.717) is 18.0 Å². The molecule has 0 aliphatic carbocycles. The number of hydrogen-bond acceptors (Lipinski definition) is 4. The number of oxazole rings is 1. The van der Waals surface area contributed by atoms with Crippen molar-refractivity contribution in [3.05, 3.63) is 17.8 Å². The van der Waals surface area contributed by atoms with Crippen LogP contribution in [0.1, 0.15) is 24.3 Å². The topological polar surface area (TPSA) is 76.1 Å². The fourth-order valence-electron chi connectivity index (χ4n) is 1.47. The number of alkyl halides is 3. The number of hydrogen-bond donors (Lipinski definition) is 3. The van der Waals surface area contributed by atoms with E-state index in [9.17, 15) is 13.2 Å². The Bertz CT molecular complexity index is 421. The van der Waals surface area contributed by atoms with Gasteiger partial charge in [-0.1, -0.05) is 0 Å². The lowest BCUT2D eigenvalue weighted by atomic mass is 10.1. The molecule has 0 saturated heterocycles. The smallest absolute Gasteiger partial charge is 0.436 e. The maximum absolute atomic E-state index is 12.5. The summed E-state index contributed by atoms with van der Waals surface area (Å²) in [5.74, 6) is -0.170.